The predicted octanol–water partition coefficient (Wildman–Crippen LogP) is 5.56. The first-order valence-corrected chi connectivity index (χ1v) is 11.0. The van der Waals surface area contributed by atoms with Gasteiger partial charge in [-0.25, -0.2) is 0 Å². The molecule has 0 aliphatic heterocycles. The number of aliphatic imine (C=N–C) groups is 1. The number of ketones is 1. The van der Waals surface area contributed by atoms with E-state index in [1.54, 1.807) is 11.1 Å². The quantitative estimate of drug-likeness (QED) is 0.477. The molecule has 2 heteroatoms. The van der Waals surface area contributed by atoms with Crippen molar-refractivity contribution in [3.63, 3.8) is 0 Å². The van der Waals surface area contributed by atoms with E-state index in [0.29, 0.717) is 29.0 Å². The van der Waals surface area contributed by atoms with Crippen LogP contribution >= 0.6 is 0 Å². The minimum Gasteiger partial charge on any atom is -0.300 e. The van der Waals surface area contributed by atoms with E-state index in [-0.39, 0.29) is 5.41 Å². The molecule has 0 bridgehead atoms. The number of carbonyl (C=O) groups is 1. The maximum absolute atomic E-state index is 12.0. The first-order chi connectivity index (χ1) is 13.0. The highest BCUT2D eigenvalue weighted by molar-refractivity contribution is 5.91. The van der Waals surface area contributed by atoms with Crippen LogP contribution in [-0.4, -0.2) is 19.0 Å². The lowest BCUT2D eigenvalue weighted by Gasteiger charge is -2.55. The summed E-state index contributed by atoms with van der Waals surface area (Å²) >= 11 is 0. The highest BCUT2D eigenvalue weighted by Gasteiger charge is 2.73. The van der Waals surface area contributed by atoms with Crippen molar-refractivity contribution in [2.45, 2.75) is 58.8 Å². The molecule has 0 spiro atoms. The molecule has 5 aliphatic carbocycles. The Morgan fingerprint density at radius 3 is 2.89 bits per heavy atom. The van der Waals surface area contributed by atoms with Crippen LogP contribution in [0.1, 0.15) is 58.8 Å². The van der Waals surface area contributed by atoms with E-state index >= 15 is 0 Å². The molecule has 0 heterocycles. The molecule has 2 fully saturated rings. The predicted molar refractivity (Wildman–Crippen MR) is 111 cm³/mol. The van der Waals surface area contributed by atoms with E-state index < -0.39 is 0 Å². The minimum atomic E-state index is 0.245. The highest BCUT2D eigenvalue weighted by Crippen LogP contribution is 2.78. The van der Waals surface area contributed by atoms with Gasteiger partial charge in [-0.1, -0.05) is 36.6 Å². The zero-order valence-electron chi connectivity index (χ0n) is 17.1. The van der Waals surface area contributed by atoms with E-state index in [1.165, 1.54) is 31.3 Å². The lowest BCUT2D eigenvalue weighted by Crippen LogP contribution is -2.48. The third kappa shape index (κ3) is 2.08. The van der Waals surface area contributed by atoms with Gasteiger partial charge in [-0.2, -0.15) is 0 Å². The fraction of sp³-hybridized carbons (Fsp3) is 0.680. The van der Waals surface area contributed by atoms with Gasteiger partial charge in [-0.3, -0.25) is 4.79 Å². The molecule has 27 heavy (non-hydrogen) atoms. The Kier molecular flexibility index (Phi) is 3.78. The van der Waals surface area contributed by atoms with Crippen LogP contribution in [0.25, 0.3) is 0 Å². The second-order valence-corrected chi connectivity index (χ2v) is 9.97. The molecule has 0 N–H and O–H groups in total. The van der Waals surface area contributed by atoms with Crippen LogP contribution in [0, 0.1) is 40.4 Å². The van der Waals surface area contributed by atoms with Gasteiger partial charge >= 0.3 is 0 Å². The van der Waals surface area contributed by atoms with E-state index in [1.807, 2.05) is 13.1 Å². The smallest absolute Gasteiger partial charge is 0.155 e. The van der Waals surface area contributed by atoms with Gasteiger partial charge in [0.25, 0.3) is 0 Å². The third-order valence-corrected chi connectivity index (χ3v) is 9.31. The second kappa shape index (κ2) is 5.78. The largest absolute Gasteiger partial charge is 0.300 e. The molecule has 5 aliphatic rings. The first kappa shape index (κ1) is 17.6. The molecule has 0 aromatic rings. The summed E-state index contributed by atoms with van der Waals surface area (Å²) in [7, 11) is 1.95. The molecule has 0 aromatic carbocycles. The van der Waals surface area contributed by atoms with Crippen LogP contribution < -0.4 is 0 Å². The summed E-state index contributed by atoms with van der Waals surface area (Å²) in [6.45, 7) is 9.16. The molecule has 7 atom stereocenters. The van der Waals surface area contributed by atoms with Crippen LogP contribution in [-0.2, 0) is 4.79 Å². The number of carbonyl (C=O) groups excluding carboxylic acids is 1. The van der Waals surface area contributed by atoms with Crippen molar-refractivity contribution in [3.8, 4) is 0 Å². The van der Waals surface area contributed by atoms with Gasteiger partial charge in [0.15, 0.2) is 5.78 Å². The summed E-state index contributed by atoms with van der Waals surface area (Å²) < 4.78 is 0. The lowest BCUT2D eigenvalue weighted by atomic mass is 9.49. The zero-order chi connectivity index (χ0) is 19.0. The number of hydrogen-bond acceptors (Lipinski definition) is 2. The van der Waals surface area contributed by atoms with Crippen LogP contribution in [0.5, 0.6) is 0 Å². The lowest BCUT2D eigenvalue weighted by molar-refractivity contribution is -0.115. The number of hydrogen-bond donors (Lipinski definition) is 0. The minimum absolute atomic E-state index is 0.245. The number of allylic oxidation sites excluding steroid dienone is 5. The maximum Gasteiger partial charge on any atom is 0.155 e. The van der Waals surface area contributed by atoms with Gasteiger partial charge in [0, 0.05) is 36.9 Å². The van der Waals surface area contributed by atoms with Crippen LogP contribution in [0.15, 0.2) is 40.4 Å². The third-order valence-electron chi connectivity index (χ3n) is 9.31. The Hall–Kier alpha value is -1.44. The second-order valence-electron chi connectivity index (χ2n) is 9.97. The van der Waals surface area contributed by atoms with E-state index in [4.69, 9.17) is 0 Å². The monoisotopic (exact) mass is 363 g/mol. The van der Waals surface area contributed by atoms with Gasteiger partial charge in [0.2, 0.25) is 0 Å². The van der Waals surface area contributed by atoms with Crippen molar-refractivity contribution in [3.05, 3.63) is 35.5 Å². The first-order valence-electron chi connectivity index (χ1n) is 11.0. The van der Waals surface area contributed by atoms with E-state index in [0.717, 1.165) is 31.1 Å². The summed E-state index contributed by atoms with van der Waals surface area (Å²) in [5.41, 5.74) is 5.49. The Morgan fingerprint density at radius 2 is 2.19 bits per heavy atom. The molecule has 7 unspecified atom stereocenters. The van der Waals surface area contributed by atoms with Crippen molar-refractivity contribution >= 4 is 12.0 Å². The van der Waals surface area contributed by atoms with Crippen molar-refractivity contribution in [1.82, 2.24) is 0 Å². The summed E-state index contributed by atoms with van der Waals surface area (Å²) in [5.74, 6) is 3.69. The maximum atomic E-state index is 12.0. The molecule has 0 saturated heterocycles. The van der Waals surface area contributed by atoms with Gasteiger partial charge < -0.3 is 4.99 Å². The van der Waals surface area contributed by atoms with Crippen LogP contribution in [0.2, 0.25) is 0 Å². The molecular formula is C25H33NO. The fourth-order valence-corrected chi connectivity index (χ4v) is 8.18. The zero-order valence-corrected chi connectivity index (χ0v) is 17.1. The summed E-state index contributed by atoms with van der Waals surface area (Å²) in [4.78, 5) is 16.6. The number of nitrogens with zero attached hydrogens (tertiary/aromatic N) is 1. The Labute approximate surface area is 163 Å². The normalized spacial score (nSPS) is 47.9. The van der Waals surface area contributed by atoms with Gasteiger partial charge in [-0.05, 0) is 67.8 Å². The average Bonchev–Trinajstić information content (AvgIpc) is 3.43. The Bertz CT molecular complexity index is 801. The summed E-state index contributed by atoms with van der Waals surface area (Å²) in [6, 6.07) is 0. The van der Waals surface area contributed by atoms with Crippen LogP contribution in [0.4, 0.5) is 0 Å². The Morgan fingerprint density at radius 1 is 1.37 bits per heavy atom. The average molecular weight is 364 g/mol. The molecule has 2 saturated carbocycles. The summed E-state index contributed by atoms with van der Waals surface area (Å²) in [5, 5.41) is 0. The number of fused-ring (bicyclic) bond motifs is 6. The van der Waals surface area contributed by atoms with Gasteiger partial charge in [0.1, 0.15) is 0 Å². The Balaban J connectivity index is 1.67. The molecule has 0 amide bonds. The van der Waals surface area contributed by atoms with Crippen LogP contribution in [0.3, 0.4) is 0 Å². The summed E-state index contributed by atoms with van der Waals surface area (Å²) in [6.07, 6.45) is 14.4. The van der Waals surface area contributed by atoms with Crippen molar-refractivity contribution in [2.75, 3.05) is 7.05 Å². The molecule has 2 nitrogen and oxygen atoms in total. The molecular weight excluding hydrogens is 330 g/mol. The van der Waals surface area contributed by atoms with E-state index in [2.05, 4.69) is 37.7 Å². The standard InChI is InChI=1S/C25H33NO/c1-5-15-11-16-12-17(27)7-8-18(16)19-9-10-25(6-2)23(22(15)19)20-13-21(20)24(25,3)14-26-4/h5,12,14-15,18,20-21,23H,1,6-11,13H2,2-4H3. The SMILES string of the molecule is C=CC1CC2=CC(=O)CCC2C2=C1C1C3CC3C(C)(C=NC)C1(CC)CC2. The highest BCUT2D eigenvalue weighted by atomic mass is 16.1. The van der Waals surface area contributed by atoms with Gasteiger partial charge in [-0.15, -0.1) is 6.58 Å². The van der Waals surface area contributed by atoms with Crippen molar-refractivity contribution in [2.24, 2.45) is 45.4 Å². The fourth-order valence-electron chi connectivity index (χ4n) is 8.18. The van der Waals surface area contributed by atoms with Crippen molar-refractivity contribution in [1.29, 1.82) is 0 Å². The molecule has 144 valence electrons. The molecule has 0 radical (unpaired) electrons. The van der Waals surface area contributed by atoms with Crippen molar-refractivity contribution < 1.29 is 4.79 Å². The molecule has 5 rings (SSSR count). The van der Waals surface area contributed by atoms with Gasteiger partial charge in [0.05, 0.1) is 0 Å². The topological polar surface area (TPSA) is 29.4 Å². The van der Waals surface area contributed by atoms with E-state index in [9.17, 15) is 4.79 Å². The number of rotatable bonds is 3. The molecule has 0 aromatic heterocycles.